The molecule has 0 atom stereocenters. The average Bonchev–Trinajstić information content (AvgIpc) is 2.39. The Kier molecular flexibility index (Phi) is 7.87. The summed E-state index contributed by atoms with van der Waals surface area (Å²) in [6.45, 7) is 1.85. The first kappa shape index (κ1) is 17.8. The number of rotatable bonds is 9. The van der Waals surface area contributed by atoms with Gasteiger partial charge in [0.25, 0.3) is 0 Å². The maximum atomic E-state index is 5.80. The number of nitrogens with zero attached hydrogens (tertiary/aromatic N) is 2. The molecule has 0 aliphatic heterocycles. The smallest absolute Gasteiger partial charge is 0.381 e. The van der Waals surface area contributed by atoms with Crippen LogP contribution in [-0.4, -0.2) is 30.3 Å². The molecular weight excluding hydrogens is 323 g/mol. The second-order valence-electron chi connectivity index (χ2n) is 3.55. The van der Waals surface area contributed by atoms with Gasteiger partial charge in [-0.15, -0.1) is 11.6 Å². The molecule has 0 saturated carbocycles. The number of alkyl halides is 1. The standard InChI is InChI=1S/C11H18ClN2O4PS/c1-4-16-19(20,17-5-2)18-11-6-9(7-12)13-10(14-11)8-15-3/h6H,4-5,7-8H2,1-3H3. The van der Waals surface area contributed by atoms with Gasteiger partial charge in [-0.2, -0.15) is 4.98 Å². The van der Waals surface area contributed by atoms with E-state index in [1.54, 1.807) is 13.2 Å². The van der Waals surface area contributed by atoms with E-state index in [0.717, 1.165) is 0 Å². The van der Waals surface area contributed by atoms with E-state index in [1.165, 1.54) is 0 Å². The largest absolute Gasteiger partial charge is 0.406 e. The molecule has 0 bridgehead atoms. The molecule has 0 fully saturated rings. The van der Waals surface area contributed by atoms with E-state index >= 15 is 0 Å². The third kappa shape index (κ3) is 5.60. The zero-order valence-electron chi connectivity index (χ0n) is 11.7. The first-order valence-electron chi connectivity index (χ1n) is 6.07. The molecule has 0 unspecified atom stereocenters. The van der Waals surface area contributed by atoms with Crippen LogP contribution in [0.1, 0.15) is 25.4 Å². The van der Waals surface area contributed by atoms with Crippen LogP contribution in [-0.2, 0) is 38.1 Å². The summed E-state index contributed by atoms with van der Waals surface area (Å²) in [7, 11) is 1.56. The number of methoxy groups -OCH3 is 1. The monoisotopic (exact) mass is 340 g/mol. The minimum Gasteiger partial charge on any atom is -0.406 e. The van der Waals surface area contributed by atoms with Gasteiger partial charge in [-0.25, -0.2) is 4.98 Å². The van der Waals surface area contributed by atoms with Gasteiger partial charge in [0.15, 0.2) is 5.82 Å². The van der Waals surface area contributed by atoms with Gasteiger partial charge in [-0.3, -0.25) is 9.05 Å². The van der Waals surface area contributed by atoms with Crippen molar-refractivity contribution < 1.29 is 18.3 Å². The van der Waals surface area contributed by atoms with Crippen LogP contribution in [0.5, 0.6) is 5.88 Å². The molecule has 0 saturated heterocycles. The highest BCUT2D eigenvalue weighted by atomic mass is 35.5. The number of halogens is 1. The van der Waals surface area contributed by atoms with Gasteiger partial charge in [-0.05, 0) is 13.8 Å². The predicted octanol–water partition coefficient (Wildman–Crippen LogP) is 3.04. The first-order chi connectivity index (χ1) is 9.56. The molecule has 20 heavy (non-hydrogen) atoms. The van der Waals surface area contributed by atoms with E-state index in [1.807, 2.05) is 13.8 Å². The van der Waals surface area contributed by atoms with Gasteiger partial charge in [-0.1, -0.05) is 0 Å². The highest BCUT2D eigenvalue weighted by molar-refractivity contribution is 8.07. The van der Waals surface area contributed by atoms with Crippen molar-refractivity contribution in [2.75, 3.05) is 20.3 Å². The van der Waals surface area contributed by atoms with Crippen molar-refractivity contribution in [1.29, 1.82) is 0 Å². The molecule has 0 aliphatic rings. The fourth-order valence-electron chi connectivity index (χ4n) is 1.35. The molecule has 1 aromatic heterocycles. The Morgan fingerprint density at radius 3 is 2.40 bits per heavy atom. The number of hydrogen-bond donors (Lipinski definition) is 0. The Bertz CT molecular complexity index is 468. The average molecular weight is 341 g/mol. The minimum atomic E-state index is -2.85. The second kappa shape index (κ2) is 8.87. The van der Waals surface area contributed by atoms with Crippen LogP contribution in [0, 0.1) is 0 Å². The normalized spacial score (nSPS) is 11.6. The number of hydrogen-bond acceptors (Lipinski definition) is 7. The summed E-state index contributed by atoms with van der Waals surface area (Å²) >= 11 is 11.1. The maximum absolute atomic E-state index is 5.80. The van der Waals surface area contributed by atoms with Crippen LogP contribution in [0.25, 0.3) is 0 Å². The molecule has 0 N–H and O–H groups in total. The molecule has 0 radical (unpaired) electrons. The molecule has 0 aliphatic carbocycles. The van der Waals surface area contributed by atoms with Gasteiger partial charge in [0.1, 0.15) is 6.61 Å². The lowest BCUT2D eigenvalue weighted by molar-refractivity contribution is 0.176. The predicted molar refractivity (Wildman–Crippen MR) is 80.5 cm³/mol. The van der Waals surface area contributed by atoms with E-state index in [0.29, 0.717) is 24.7 Å². The minimum absolute atomic E-state index is 0.238. The lowest BCUT2D eigenvalue weighted by Gasteiger charge is -2.20. The van der Waals surface area contributed by atoms with Crippen molar-refractivity contribution in [2.45, 2.75) is 26.3 Å². The van der Waals surface area contributed by atoms with Gasteiger partial charge < -0.3 is 9.26 Å². The summed E-state index contributed by atoms with van der Waals surface area (Å²) in [6, 6.07) is 1.62. The van der Waals surface area contributed by atoms with Crippen molar-refractivity contribution in [3.8, 4) is 5.88 Å². The molecule has 1 heterocycles. The zero-order valence-corrected chi connectivity index (χ0v) is 14.1. The van der Waals surface area contributed by atoms with Gasteiger partial charge in [0.2, 0.25) is 5.88 Å². The maximum Gasteiger partial charge on any atom is 0.381 e. The van der Waals surface area contributed by atoms with Crippen LogP contribution in [0.2, 0.25) is 0 Å². The third-order valence-corrected chi connectivity index (χ3v) is 4.68. The lowest BCUT2D eigenvalue weighted by Crippen LogP contribution is -2.06. The molecule has 0 amide bonds. The third-order valence-electron chi connectivity index (χ3n) is 1.99. The molecule has 1 rings (SSSR count). The molecule has 0 aromatic carbocycles. The quantitative estimate of drug-likeness (QED) is 0.505. The van der Waals surface area contributed by atoms with E-state index in [2.05, 4.69) is 9.97 Å². The first-order valence-corrected chi connectivity index (χ1v) is 9.16. The summed E-state index contributed by atoms with van der Waals surface area (Å²) in [4.78, 5) is 8.42. The molecular formula is C11H18ClN2O4PS. The zero-order chi connectivity index (χ0) is 15.0. The number of aromatic nitrogens is 2. The Morgan fingerprint density at radius 1 is 1.25 bits per heavy atom. The van der Waals surface area contributed by atoms with Crippen LogP contribution in [0.3, 0.4) is 0 Å². The van der Waals surface area contributed by atoms with E-state index in [9.17, 15) is 0 Å². The van der Waals surface area contributed by atoms with Crippen LogP contribution in [0.15, 0.2) is 6.07 Å². The molecule has 9 heteroatoms. The fraction of sp³-hybridized carbons (Fsp3) is 0.636. The SMILES string of the molecule is CCOP(=S)(OCC)Oc1cc(CCl)nc(COC)n1. The second-order valence-corrected chi connectivity index (χ2v) is 6.76. The Labute approximate surface area is 129 Å². The topological polar surface area (TPSA) is 62.7 Å². The van der Waals surface area contributed by atoms with Gasteiger partial charge in [0, 0.05) is 25.0 Å². The van der Waals surface area contributed by atoms with Crippen molar-refractivity contribution in [2.24, 2.45) is 0 Å². The van der Waals surface area contributed by atoms with E-state index in [-0.39, 0.29) is 18.4 Å². The molecule has 0 spiro atoms. The molecule has 6 nitrogen and oxygen atoms in total. The van der Waals surface area contributed by atoms with Crippen LogP contribution in [0.4, 0.5) is 0 Å². The van der Waals surface area contributed by atoms with Crippen molar-refractivity contribution in [1.82, 2.24) is 9.97 Å². The fourth-order valence-corrected chi connectivity index (χ4v) is 3.49. The van der Waals surface area contributed by atoms with Crippen LogP contribution >= 0.6 is 18.3 Å². The summed E-state index contributed by atoms with van der Waals surface area (Å²) < 4.78 is 21.4. The summed E-state index contributed by atoms with van der Waals surface area (Å²) in [5, 5.41) is 0. The van der Waals surface area contributed by atoms with Crippen molar-refractivity contribution >= 4 is 30.1 Å². The van der Waals surface area contributed by atoms with Gasteiger partial charge in [0.05, 0.1) is 24.8 Å². The Hall–Kier alpha value is -0.300. The Balaban J connectivity index is 2.99. The van der Waals surface area contributed by atoms with E-state index < -0.39 is 6.72 Å². The molecule has 114 valence electrons. The van der Waals surface area contributed by atoms with E-state index in [4.69, 9.17) is 41.7 Å². The highest BCUT2D eigenvalue weighted by Gasteiger charge is 2.22. The van der Waals surface area contributed by atoms with Crippen molar-refractivity contribution in [3.63, 3.8) is 0 Å². The van der Waals surface area contributed by atoms with Crippen LogP contribution < -0.4 is 4.52 Å². The summed E-state index contributed by atoms with van der Waals surface area (Å²) in [5.74, 6) is 0.991. The Morgan fingerprint density at radius 2 is 1.90 bits per heavy atom. The van der Waals surface area contributed by atoms with Crippen molar-refractivity contribution in [3.05, 3.63) is 17.6 Å². The van der Waals surface area contributed by atoms with Gasteiger partial charge >= 0.3 is 6.72 Å². The molecule has 1 aromatic rings. The number of ether oxygens (including phenoxy) is 1. The summed E-state index contributed by atoms with van der Waals surface area (Å²) in [6.07, 6.45) is 0. The highest BCUT2D eigenvalue weighted by Crippen LogP contribution is 2.49. The lowest BCUT2D eigenvalue weighted by atomic mass is 10.4. The summed E-state index contributed by atoms with van der Waals surface area (Å²) in [5.41, 5.74) is 0.623.